The van der Waals surface area contributed by atoms with Crippen LogP contribution in [0.2, 0.25) is 0 Å². The summed E-state index contributed by atoms with van der Waals surface area (Å²) in [7, 11) is 0. The van der Waals surface area contributed by atoms with E-state index in [0.717, 1.165) is 0 Å². The molecule has 0 heterocycles. The topological polar surface area (TPSA) is 80.7 Å². The Morgan fingerprint density at radius 3 is 2.47 bits per heavy atom. The van der Waals surface area contributed by atoms with Gasteiger partial charge < -0.3 is 9.84 Å². The predicted octanol–water partition coefficient (Wildman–Crippen LogP) is 1.56. The molecule has 0 radical (unpaired) electrons. The van der Waals surface area contributed by atoms with Crippen LogP contribution in [-0.4, -0.2) is 29.4 Å². The Hall–Kier alpha value is -1.65. The van der Waals surface area contributed by atoms with E-state index in [0.29, 0.717) is 25.5 Å². The number of hydrogen-bond acceptors (Lipinski definition) is 4. The van der Waals surface area contributed by atoms with E-state index in [1.54, 1.807) is 13.0 Å². The number of ether oxygens (including phenoxy) is 1. The van der Waals surface area contributed by atoms with Gasteiger partial charge in [-0.15, -0.1) is 0 Å². The van der Waals surface area contributed by atoms with Gasteiger partial charge in [0.1, 0.15) is 12.4 Å². The van der Waals surface area contributed by atoms with Gasteiger partial charge in [0.25, 0.3) is 0 Å². The van der Waals surface area contributed by atoms with Crippen molar-refractivity contribution in [1.29, 1.82) is 0 Å². The Kier molecular flexibility index (Phi) is 7.67. The zero-order chi connectivity index (χ0) is 13.3. The van der Waals surface area contributed by atoms with Gasteiger partial charge in [0, 0.05) is 6.92 Å². The van der Waals surface area contributed by atoms with Crippen molar-refractivity contribution in [3.8, 4) is 0 Å². The van der Waals surface area contributed by atoms with Crippen molar-refractivity contribution in [2.75, 3.05) is 0 Å². The Morgan fingerprint density at radius 2 is 2.06 bits per heavy atom. The molecule has 0 rings (SSSR count). The summed E-state index contributed by atoms with van der Waals surface area (Å²) >= 11 is 0. The first kappa shape index (κ1) is 15.3. The molecular formula is C12H18O5. The van der Waals surface area contributed by atoms with E-state index in [1.165, 1.54) is 13.0 Å². The average molecular weight is 242 g/mol. The van der Waals surface area contributed by atoms with Crippen LogP contribution in [0.5, 0.6) is 0 Å². The van der Waals surface area contributed by atoms with Crippen molar-refractivity contribution in [1.82, 2.24) is 0 Å². The molecule has 0 bridgehead atoms. The van der Waals surface area contributed by atoms with E-state index in [9.17, 15) is 14.4 Å². The first-order valence-corrected chi connectivity index (χ1v) is 5.53. The molecule has 0 amide bonds. The van der Waals surface area contributed by atoms with Crippen molar-refractivity contribution in [3.63, 3.8) is 0 Å². The quantitative estimate of drug-likeness (QED) is 0.397. The maximum absolute atomic E-state index is 11.1. The molecule has 0 unspecified atom stereocenters. The minimum absolute atomic E-state index is 0.339. The summed E-state index contributed by atoms with van der Waals surface area (Å²) in [5.41, 5.74) is 0. The second kappa shape index (κ2) is 8.50. The summed E-state index contributed by atoms with van der Waals surface area (Å²) in [6.07, 6.45) is 4.20. The largest absolute Gasteiger partial charge is 0.481 e. The number of aldehydes is 1. The van der Waals surface area contributed by atoms with Crippen molar-refractivity contribution >= 4 is 18.2 Å². The average Bonchev–Trinajstić information content (AvgIpc) is 2.26. The van der Waals surface area contributed by atoms with Crippen LogP contribution in [0, 0.1) is 5.92 Å². The monoisotopic (exact) mass is 242 g/mol. The molecule has 96 valence electrons. The molecular weight excluding hydrogens is 224 g/mol. The summed E-state index contributed by atoms with van der Waals surface area (Å²) in [6.45, 7) is 3.03. The lowest BCUT2D eigenvalue weighted by Gasteiger charge is -2.21. The first-order chi connectivity index (χ1) is 8.02. The van der Waals surface area contributed by atoms with Crippen molar-refractivity contribution in [3.05, 3.63) is 12.2 Å². The fourth-order valence-corrected chi connectivity index (χ4v) is 1.56. The van der Waals surface area contributed by atoms with Crippen LogP contribution in [0.3, 0.4) is 0 Å². The molecule has 17 heavy (non-hydrogen) atoms. The Morgan fingerprint density at radius 1 is 1.41 bits per heavy atom. The minimum Gasteiger partial charge on any atom is -0.481 e. The third-order valence-electron chi connectivity index (χ3n) is 2.34. The lowest BCUT2D eigenvalue weighted by atomic mass is 9.95. The molecule has 0 aliphatic rings. The van der Waals surface area contributed by atoms with Crippen molar-refractivity contribution in [2.45, 2.75) is 39.2 Å². The fourth-order valence-electron chi connectivity index (χ4n) is 1.56. The Balaban J connectivity index is 4.46. The predicted molar refractivity (Wildman–Crippen MR) is 61.4 cm³/mol. The summed E-state index contributed by atoms with van der Waals surface area (Å²) < 4.78 is 4.97. The Labute approximate surface area is 100 Å². The van der Waals surface area contributed by atoms with E-state index in [1.807, 2.05) is 0 Å². The lowest BCUT2D eigenvalue weighted by Crippen LogP contribution is -2.31. The normalized spacial score (nSPS) is 14.2. The van der Waals surface area contributed by atoms with Crippen molar-refractivity contribution < 1.29 is 24.2 Å². The standard InChI is InChI=1S/C12H18O5/c1-3-11(17-9(2)14)10(12(15)16)7-5-4-6-8-13/h4,6,8,10-11H,3,5,7H2,1-2H3,(H,15,16)/b6-4-/t10-,11-/m0/s1. The molecule has 5 heteroatoms. The SMILES string of the molecule is CC[C@H](OC(C)=O)[C@H](CC/C=C\C=O)C(=O)O. The number of aliphatic carboxylic acids is 1. The molecule has 0 saturated heterocycles. The third-order valence-corrected chi connectivity index (χ3v) is 2.34. The van der Waals surface area contributed by atoms with Gasteiger partial charge in [-0.25, -0.2) is 0 Å². The van der Waals surface area contributed by atoms with Gasteiger partial charge >= 0.3 is 11.9 Å². The van der Waals surface area contributed by atoms with E-state index in [-0.39, 0.29) is 0 Å². The third kappa shape index (κ3) is 6.50. The summed E-state index contributed by atoms with van der Waals surface area (Å²) in [4.78, 5) is 31.9. The van der Waals surface area contributed by atoms with Gasteiger partial charge in [-0.2, -0.15) is 0 Å². The molecule has 0 fully saturated rings. The summed E-state index contributed by atoms with van der Waals surface area (Å²) in [5, 5.41) is 9.06. The molecule has 1 N–H and O–H groups in total. The maximum Gasteiger partial charge on any atom is 0.310 e. The highest BCUT2D eigenvalue weighted by Gasteiger charge is 2.28. The molecule has 0 spiro atoms. The number of rotatable bonds is 8. The van der Waals surface area contributed by atoms with Gasteiger partial charge in [-0.1, -0.05) is 13.0 Å². The van der Waals surface area contributed by atoms with E-state index in [4.69, 9.17) is 9.84 Å². The molecule has 5 nitrogen and oxygen atoms in total. The smallest absolute Gasteiger partial charge is 0.310 e. The van der Waals surface area contributed by atoms with E-state index >= 15 is 0 Å². The van der Waals surface area contributed by atoms with Gasteiger partial charge in [0.15, 0.2) is 0 Å². The molecule has 0 aliphatic heterocycles. The molecule has 0 saturated carbocycles. The van der Waals surface area contributed by atoms with Crippen LogP contribution in [0.1, 0.15) is 33.1 Å². The summed E-state index contributed by atoms with van der Waals surface area (Å²) in [5.74, 6) is -2.20. The fraction of sp³-hybridized carbons (Fsp3) is 0.583. The number of carboxylic acids is 1. The molecule has 0 aromatic carbocycles. The summed E-state index contributed by atoms with van der Waals surface area (Å²) in [6, 6.07) is 0. The first-order valence-electron chi connectivity index (χ1n) is 5.53. The lowest BCUT2D eigenvalue weighted by molar-refractivity contribution is -0.157. The second-order valence-electron chi connectivity index (χ2n) is 3.64. The van der Waals surface area contributed by atoms with E-state index < -0.39 is 24.0 Å². The molecule has 0 aliphatic carbocycles. The van der Waals surface area contributed by atoms with Gasteiger partial charge in [-0.3, -0.25) is 14.4 Å². The van der Waals surface area contributed by atoms with Crippen molar-refractivity contribution in [2.24, 2.45) is 5.92 Å². The van der Waals surface area contributed by atoms with Gasteiger partial charge in [0.2, 0.25) is 0 Å². The van der Waals surface area contributed by atoms with Crippen LogP contribution in [-0.2, 0) is 19.1 Å². The Bertz CT molecular complexity index is 295. The molecule has 2 atom stereocenters. The number of hydrogen-bond donors (Lipinski definition) is 1. The van der Waals surface area contributed by atoms with E-state index in [2.05, 4.69) is 0 Å². The van der Waals surface area contributed by atoms with Crippen LogP contribution < -0.4 is 0 Å². The zero-order valence-corrected chi connectivity index (χ0v) is 10.1. The number of carboxylic acid groups (broad SMARTS) is 1. The highest BCUT2D eigenvalue weighted by Crippen LogP contribution is 2.18. The van der Waals surface area contributed by atoms with Crippen LogP contribution >= 0.6 is 0 Å². The number of carbonyl (C=O) groups is 3. The number of carbonyl (C=O) groups excluding carboxylic acids is 2. The minimum atomic E-state index is -0.988. The maximum atomic E-state index is 11.1. The van der Waals surface area contributed by atoms with Gasteiger partial charge in [-0.05, 0) is 25.3 Å². The van der Waals surface area contributed by atoms with Crippen LogP contribution in [0.15, 0.2) is 12.2 Å². The highest BCUT2D eigenvalue weighted by molar-refractivity contribution is 5.72. The van der Waals surface area contributed by atoms with Crippen LogP contribution in [0.25, 0.3) is 0 Å². The number of esters is 1. The zero-order valence-electron chi connectivity index (χ0n) is 10.1. The molecule has 0 aromatic heterocycles. The molecule has 0 aromatic rings. The number of allylic oxidation sites excluding steroid dienone is 2. The van der Waals surface area contributed by atoms with Gasteiger partial charge in [0.05, 0.1) is 5.92 Å². The van der Waals surface area contributed by atoms with Crippen LogP contribution in [0.4, 0.5) is 0 Å². The second-order valence-corrected chi connectivity index (χ2v) is 3.64. The highest BCUT2D eigenvalue weighted by atomic mass is 16.5.